The van der Waals surface area contributed by atoms with Crippen LogP contribution < -0.4 is 10.6 Å². The number of likely N-dealkylation sites (tertiary alicyclic amines) is 1. The first-order valence-corrected chi connectivity index (χ1v) is 9.13. The Hall–Kier alpha value is -1.92. The maximum atomic E-state index is 13.1. The van der Waals surface area contributed by atoms with E-state index in [0.29, 0.717) is 22.8 Å². The number of imide groups is 1. The average molecular weight is 363 g/mol. The molecule has 2 saturated heterocycles. The highest BCUT2D eigenvalue weighted by atomic mass is 35.5. The Kier molecular flexibility index (Phi) is 3.67. The quantitative estimate of drug-likeness (QED) is 0.782. The maximum Gasteiger partial charge on any atom is 0.291 e. The normalized spacial score (nSPS) is 33.2. The van der Waals surface area contributed by atoms with Crippen LogP contribution in [-0.4, -0.2) is 35.2 Å². The van der Waals surface area contributed by atoms with E-state index in [1.807, 2.05) is 25.2 Å². The van der Waals surface area contributed by atoms with Crippen molar-refractivity contribution in [2.75, 3.05) is 11.9 Å². The van der Waals surface area contributed by atoms with Crippen LogP contribution >= 0.6 is 11.6 Å². The molecular weight excluding hydrogens is 342 g/mol. The molecule has 7 heteroatoms. The average Bonchev–Trinajstić information content (AvgIpc) is 3.13. The fraction of sp³-hybridized carbons (Fsp3) is 0.500. The molecule has 3 N–H and O–H groups in total. The van der Waals surface area contributed by atoms with Crippen LogP contribution in [0.2, 0.25) is 5.02 Å². The van der Waals surface area contributed by atoms with Crippen LogP contribution in [0.3, 0.4) is 0 Å². The third-order valence-corrected chi connectivity index (χ3v) is 6.15. The van der Waals surface area contributed by atoms with E-state index in [1.165, 1.54) is 4.90 Å². The molecule has 1 aromatic rings. The fourth-order valence-electron chi connectivity index (χ4n) is 4.73. The second-order valence-corrected chi connectivity index (χ2v) is 7.60. The second-order valence-electron chi connectivity index (χ2n) is 7.20. The molecule has 4 rings (SSSR count). The second kappa shape index (κ2) is 5.54. The fourth-order valence-corrected chi connectivity index (χ4v) is 4.95. The summed E-state index contributed by atoms with van der Waals surface area (Å²) in [5, 5.41) is 5.17. The van der Waals surface area contributed by atoms with E-state index in [9.17, 15) is 14.4 Å². The number of nitrogens with zero attached hydrogens (tertiary/aromatic N) is 1. The Balaban J connectivity index is 1.84. The third-order valence-electron chi connectivity index (χ3n) is 5.83. The van der Waals surface area contributed by atoms with Gasteiger partial charge in [0.25, 0.3) is 5.91 Å². The van der Waals surface area contributed by atoms with Gasteiger partial charge in [0, 0.05) is 12.1 Å². The first-order chi connectivity index (χ1) is 11.9. The van der Waals surface area contributed by atoms with Gasteiger partial charge in [0.15, 0.2) is 0 Å². The van der Waals surface area contributed by atoms with E-state index in [0.717, 1.165) is 12.8 Å². The molecular formula is C18H21ClN3O3+. The zero-order valence-electron chi connectivity index (χ0n) is 14.2. The number of anilines is 1. The number of unbranched alkanes of at least 4 members (excludes halogenated alkanes) is 1. The number of nitrogens with two attached hydrogens (primary N) is 1. The SMILES string of the molecule is CCCCN1C(=O)[C@@H]2[C@H](C)[NH2+][C@@]3(C(=O)Nc4c(Cl)cccc43)[C@@H]2C1=O. The Labute approximate surface area is 150 Å². The van der Waals surface area contributed by atoms with E-state index in [1.54, 1.807) is 12.1 Å². The zero-order chi connectivity index (χ0) is 17.9. The van der Waals surface area contributed by atoms with Gasteiger partial charge in [-0.3, -0.25) is 19.3 Å². The number of benzene rings is 1. The number of carbonyl (C=O) groups is 3. The lowest BCUT2D eigenvalue weighted by Gasteiger charge is -2.25. The highest BCUT2D eigenvalue weighted by Crippen LogP contribution is 2.50. The number of halogens is 1. The molecule has 0 unspecified atom stereocenters. The predicted molar refractivity (Wildman–Crippen MR) is 91.8 cm³/mol. The molecule has 3 heterocycles. The van der Waals surface area contributed by atoms with Gasteiger partial charge in [0.05, 0.1) is 16.8 Å². The number of hydrogen-bond acceptors (Lipinski definition) is 3. The summed E-state index contributed by atoms with van der Waals surface area (Å²) in [6.45, 7) is 4.36. The summed E-state index contributed by atoms with van der Waals surface area (Å²) in [6.07, 6.45) is 1.68. The van der Waals surface area contributed by atoms with Crippen molar-refractivity contribution >= 4 is 35.0 Å². The summed E-state index contributed by atoms with van der Waals surface area (Å²) in [6, 6.07) is 5.18. The summed E-state index contributed by atoms with van der Waals surface area (Å²) in [5.41, 5.74) is 0.172. The molecule has 0 radical (unpaired) electrons. The van der Waals surface area contributed by atoms with Gasteiger partial charge < -0.3 is 10.6 Å². The van der Waals surface area contributed by atoms with Crippen LogP contribution in [-0.2, 0) is 19.9 Å². The van der Waals surface area contributed by atoms with E-state index in [4.69, 9.17) is 11.6 Å². The highest BCUT2D eigenvalue weighted by Gasteiger charge is 2.73. The minimum atomic E-state index is -1.10. The molecule has 0 aromatic heterocycles. The first-order valence-electron chi connectivity index (χ1n) is 8.75. The van der Waals surface area contributed by atoms with Crippen LogP contribution in [0, 0.1) is 11.8 Å². The van der Waals surface area contributed by atoms with Crippen molar-refractivity contribution in [3.8, 4) is 0 Å². The number of nitrogens with one attached hydrogen (secondary N) is 1. The van der Waals surface area contributed by atoms with Crippen molar-refractivity contribution in [1.29, 1.82) is 0 Å². The number of hydrogen-bond donors (Lipinski definition) is 2. The van der Waals surface area contributed by atoms with Crippen molar-refractivity contribution in [2.45, 2.75) is 38.3 Å². The van der Waals surface area contributed by atoms with Crippen molar-refractivity contribution in [3.05, 3.63) is 28.8 Å². The van der Waals surface area contributed by atoms with Crippen LogP contribution in [0.5, 0.6) is 0 Å². The molecule has 0 saturated carbocycles. The largest absolute Gasteiger partial charge is 0.326 e. The lowest BCUT2D eigenvalue weighted by atomic mass is 9.76. The third kappa shape index (κ3) is 1.98. The summed E-state index contributed by atoms with van der Waals surface area (Å²) >= 11 is 6.25. The summed E-state index contributed by atoms with van der Waals surface area (Å²) in [7, 11) is 0. The number of quaternary nitrogens is 1. The van der Waals surface area contributed by atoms with Gasteiger partial charge in [0.1, 0.15) is 11.8 Å². The zero-order valence-corrected chi connectivity index (χ0v) is 15.0. The lowest BCUT2D eigenvalue weighted by Crippen LogP contribution is -2.98. The van der Waals surface area contributed by atoms with Crippen molar-refractivity contribution < 1.29 is 19.7 Å². The number of rotatable bonds is 3. The Morgan fingerprint density at radius 1 is 1.28 bits per heavy atom. The van der Waals surface area contributed by atoms with Crippen molar-refractivity contribution in [3.63, 3.8) is 0 Å². The summed E-state index contributed by atoms with van der Waals surface area (Å²) in [5.74, 6) is -1.78. The Morgan fingerprint density at radius 3 is 2.76 bits per heavy atom. The van der Waals surface area contributed by atoms with Crippen LogP contribution in [0.25, 0.3) is 0 Å². The van der Waals surface area contributed by atoms with Gasteiger partial charge in [-0.2, -0.15) is 0 Å². The highest BCUT2D eigenvalue weighted by molar-refractivity contribution is 6.35. The monoisotopic (exact) mass is 362 g/mol. The molecule has 3 amide bonds. The van der Waals surface area contributed by atoms with Gasteiger partial charge in [0.2, 0.25) is 17.4 Å². The molecule has 6 nitrogen and oxygen atoms in total. The summed E-state index contributed by atoms with van der Waals surface area (Å²) in [4.78, 5) is 40.3. The van der Waals surface area contributed by atoms with E-state index in [-0.39, 0.29) is 23.8 Å². The summed E-state index contributed by atoms with van der Waals surface area (Å²) < 4.78 is 0. The van der Waals surface area contributed by atoms with Gasteiger partial charge in [-0.25, -0.2) is 0 Å². The number of para-hydroxylation sites is 1. The molecule has 4 atom stereocenters. The van der Waals surface area contributed by atoms with Gasteiger partial charge in [-0.15, -0.1) is 0 Å². The van der Waals surface area contributed by atoms with Crippen molar-refractivity contribution in [1.82, 2.24) is 4.90 Å². The molecule has 2 fully saturated rings. The molecule has 0 bridgehead atoms. The minimum absolute atomic E-state index is 0.146. The molecule has 1 spiro atoms. The smallest absolute Gasteiger partial charge is 0.291 e. The standard InChI is InChI=1S/C18H20ClN3O3/c1-3-4-8-22-15(23)12-9(2)21-18(13(12)16(22)24)10-6-5-7-11(19)14(10)20-17(18)25/h5-7,9,12-13,21H,3-4,8H2,1-2H3,(H,20,25)/p+1/t9-,12+,13-,18+/m0/s1. The van der Waals surface area contributed by atoms with Gasteiger partial charge >= 0.3 is 0 Å². The molecule has 3 aliphatic rings. The van der Waals surface area contributed by atoms with Crippen molar-refractivity contribution in [2.24, 2.45) is 11.8 Å². The van der Waals surface area contributed by atoms with E-state index >= 15 is 0 Å². The molecule has 0 aliphatic carbocycles. The number of amides is 3. The van der Waals surface area contributed by atoms with Gasteiger partial charge in [-0.1, -0.05) is 31.0 Å². The molecule has 25 heavy (non-hydrogen) atoms. The maximum absolute atomic E-state index is 13.1. The topological polar surface area (TPSA) is 83.1 Å². The van der Waals surface area contributed by atoms with Crippen LogP contribution in [0.4, 0.5) is 5.69 Å². The first kappa shape index (κ1) is 16.5. The molecule has 3 aliphatic heterocycles. The predicted octanol–water partition coefficient (Wildman–Crippen LogP) is 0.854. The Bertz CT molecular complexity index is 796. The minimum Gasteiger partial charge on any atom is -0.326 e. The lowest BCUT2D eigenvalue weighted by molar-refractivity contribution is -0.730. The van der Waals surface area contributed by atoms with Crippen LogP contribution in [0.1, 0.15) is 32.3 Å². The number of fused-ring (bicyclic) bond motifs is 4. The molecule has 1 aromatic carbocycles. The molecule has 132 valence electrons. The Morgan fingerprint density at radius 2 is 2.04 bits per heavy atom. The van der Waals surface area contributed by atoms with Crippen LogP contribution in [0.15, 0.2) is 18.2 Å². The van der Waals surface area contributed by atoms with E-state index < -0.39 is 17.4 Å². The number of carbonyl (C=O) groups excluding carboxylic acids is 3. The van der Waals surface area contributed by atoms with E-state index in [2.05, 4.69) is 5.32 Å². The van der Waals surface area contributed by atoms with Gasteiger partial charge in [-0.05, 0) is 25.5 Å².